The van der Waals surface area contributed by atoms with Gasteiger partial charge < -0.3 is 15.0 Å². The molecule has 1 amide bonds. The van der Waals surface area contributed by atoms with Crippen LogP contribution in [0.2, 0.25) is 0 Å². The lowest BCUT2D eigenvalue weighted by Gasteiger charge is -2.13. The molecule has 0 unspecified atom stereocenters. The number of nitrogens with one attached hydrogen (secondary N) is 1. The molecule has 0 heterocycles. The molecule has 4 nitrogen and oxygen atoms in total. The molecule has 0 radical (unpaired) electrons. The van der Waals surface area contributed by atoms with Gasteiger partial charge in [0.2, 0.25) is 0 Å². The van der Waals surface area contributed by atoms with Crippen LogP contribution in [-0.4, -0.2) is 44.6 Å². The SMILES string of the molecule is CCOc1cc(C)c(C(=O)NCCCN(C)C)cc1C. The van der Waals surface area contributed by atoms with E-state index in [2.05, 4.69) is 10.2 Å². The molecule has 1 rings (SSSR count). The number of carbonyl (C=O) groups excluding carboxylic acids is 1. The Morgan fingerprint density at radius 1 is 1.25 bits per heavy atom. The first-order valence-corrected chi connectivity index (χ1v) is 7.12. The molecule has 0 aliphatic carbocycles. The first-order valence-electron chi connectivity index (χ1n) is 7.12. The maximum absolute atomic E-state index is 12.2. The minimum absolute atomic E-state index is 0.00703. The van der Waals surface area contributed by atoms with Crippen LogP contribution in [0.25, 0.3) is 0 Å². The van der Waals surface area contributed by atoms with E-state index in [1.165, 1.54) is 0 Å². The van der Waals surface area contributed by atoms with Crippen LogP contribution >= 0.6 is 0 Å². The van der Waals surface area contributed by atoms with Gasteiger partial charge in [0.15, 0.2) is 0 Å². The summed E-state index contributed by atoms with van der Waals surface area (Å²) >= 11 is 0. The van der Waals surface area contributed by atoms with Gasteiger partial charge in [0.1, 0.15) is 5.75 Å². The van der Waals surface area contributed by atoms with E-state index < -0.39 is 0 Å². The van der Waals surface area contributed by atoms with E-state index in [4.69, 9.17) is 4.74 Å². The van der Waals surface area contributed by atoms with E-state index in [1.807, 2.05) is 47.0 Å². The molecule has 0 bridgehead atoms. The number of nitrogens with zero attached hydrogens (tertiary/aromatic N) is 1. The van der Waals surface area contributed by atoms with Gasteiger partial charge in [-0.15, -0.1) is 0 Å². The summed E-state index contributed by atoms with van der Waals surface area (Å²) in [6, 6.07) is 3.84. The zero-order valence-electron chi connectivity index (χ0n) is 13.2. The molecule has 0 fully saturated rings. The minimum Gasteiger partial charge on any atom is -0.494 e. The lowest BCUT2D eigenvalue weighted by molar-refractivity contribution is 0.0951. The number of hydrogen-bond donors (Lipinski definition) is 1. The number of carbonyl (C=O) groups is 1. The molecule has 1 aromatic rings. The lowest BCUT2D eigenvalue weighted by atomic mass is 10.0. The Kier molecular flexibility index (Phi) is 6.52. The van der Waals surface area contributed by atoms with Crippen molar-refractivity contribution in [2.24, 2.45) is 0 Å². The van der Waals surface area contributed by atoms with Gasteiger partial charge in [-0.1, -0.05) is 0 Å². The molecular weight excluding hydrogens is 252 g/mol. The normalized spacial score (nSPS) is 10.7. The zero-order valence-corrected chi connectivity index (χ0v) is 13.2. The van der Waals surface area contributed by atoms with Crippen LogP contribution in [0.4, 0.5) is 0 Å². The van der Waals surface area contributed by atoms with E-state index >= 15 is 0 Å². The van der Waals surface area contributed by atoms with Crippen molar-refractivity contribution in [3.8, 4) is 5.75 Å². The highest BCUT2D eigenvalue weighted by molar-refractivity contribution is 5.96. The van der Waals surface area contributed by atoms with Crippen LogP contribution in [0.3, 0.4) is 0 Å². The van der Waals surface area contributed by atoms with Gasteiger partial charge in [0, 0.05) is 12.1 Å². The summed E-state index contributed by atoms with van der Waals surface area (Å²) in [5, 5.41) is 2.97. The van der Waals surface area contributed by atoms with E-state index in [0.717, 1.165) is 35.4 Å². The second-order valence-electron chi connectivity index (χ2n) is 5.28. The molecule has 0 aliphatic heterocycles. The van der Waals surface area contributed by atoms with Crippen molar-refractivity contribution in [3.05, 3.63) is 28.8 Å². The predicted molar refractivity (Wildman–Crippen MR) is 82.6 cm³/mol. The van der Waals surface area contributed by atoms with E-state index in [-0.39, 0.29) is 5.91 Å². The number of amides is 1. The lowest BCUT2D eigenvalue weighted by Crippen LogP contribution is -2.27. The highest BCUT2D eigenvalue weighted by atomic mass is 16.5. The van der Waals surface area contributed by atoms with Gasteiger partial charge in [0.05, 0.1) is 6.61 Å². The molecule has 0 aliphatic rings. The third-order valence-corrected chi connectivity index (χ3v) is 3.13. The second kappa shape index (κ2) is 7.90. The van der Waals surface area contributed by atoms with Crippen LogP contribution in [0.15, 0.2) is 12.1 Å². The first kappa shape index (κ1) is 16.5. The van der Waals surface area contributed by atoms with Crippen molar-refractivity contribution in [2.75, 3.05) is 33.8 Å². The smallest absolute Gasteiger partial charge is 0.251 e. The van der Waals surface area contributed by atoms with Crippen molar-refractivity contribution >= 4 is 5.91 Å². The van der Waals surface area contributed by atoms with E-state index in [1.54, 1.807) is 0 Å². The van der Waals surface area contributed by atoms with Crippen LogP contribution in [0.1, 0.15) is 34.8 Å². The molecule has 0 spiro atoms. The summed E-state index contributed by atoms with van der Waals surface area (Å²) in [5.41, 5.74) is 2.68. The monoisotopic (exact) mass is 278 g/mol. The average molecular weight is 278 g/mol. The summed E-state index contributed by atoms with van der Waals surface area (Å²) in [6.07, 6.45) is 0.952. The fraction of sp³-hybridized carbons (Fsp3) is 0.562. The van der Waals surface area contributed by atoms with Crippen molar-refractivity contribution in [3.63, 3.8) is 0 Å². The van der Waals surface area contributed by atoms with Gasteiger partial charge in [-0.2, -0.15) is 0 Å². The van der Waals surface area contributed by atoms with Crippen LogP contribution < -0.4 is 10.1 Å². The number of benzene rings is 1. The summed E-state index contributed by atoms with van der Waals surface area (Å²) in [5.74, 6) is 0.849. The Morgan fingerprint density at radius 2 is 1.95 bits per heavy atom. The van der Waals surface area contributed by atoms with Gasteiger partial charge in [-0.3, -0.25) is 4.79 Å². The van der Waals surface area contributed by atoms with Crippen LogP contribution in [0, 0.1) is 13.8 Å². The van der Waals surface area contributed by atoms with Crippen LogP contribution in [0.5, 0.6) is 5.75 Å². The Balaban J connectivity index is 2.66. The molecule has 0 atom stereocenters. The highest BCUT2D eigenvalue weighted by Gasteiger charge is 2.11. The van der Waals surface area contributed by atoms with Crippen LogP contribution in [-0.2, 0) is 0 Å². The molecular formula is C16H26N2O2. The maximum atomic E-state index is 12.2. The van der Waals surface area contributed by atoms with Crippen molar-refractivity contribution in [2.45, 2.75) is 27.2 Å². The molecule has 1 aromatic carbocycles. The van der Waals surface area contributed by atoms with Gasteiger partial charge >= 0.3 is 0 Å². The molecule has 112 valence electrons. The summed E-state index contributed by atoms with van der Waals surface area (Å²) < 4.78 is 5.54. The van der Waals surface area contributed by atoms with E-state index in [9.17, 15) is 4.79 Å². The fourth-order valence-electron chi connectivity index (χ4n) is 2.04. The maximum Gasteiger partial charge on any atom is 0.251 e. The third kappa shape index (κ3) is 4.85. The summed E-state index contributed by atoms with van der Waals surface area (Å²) in [4.78, 5) is 14.3. The largest absolute Gasteiger partial charge is 0.494 e. The average Bonchev–Trinajstić information content (AvgIpc) is 2.38. The summed E-state index contributed by atoms with van der Waals surface area (Å²) in [7, 11) is 4.06. The Morgan fingerprint density at radius 3 is 2.55 bits per heavy atom. The first-order chi connectivity index (χ1) is 9.45. The second-order valence-corrected chi connectivity index (χ2v) is 5.28. The Labute approximate surface area is 122 Å². The Hall–Kier alpha value is -1.55. The van der Waals surface area contributed by atoms with E-state index in [0.29, 0.717) is 13.2 Å². The standard InChI is InChI=1S/C16H26N2O2/c1-6-20-15-11-12(2)14(10-13(15)3)16(19)17-8-7-9-18(4)5/h10-11H,6-9H2,1-5H3,(H,17,19). The molecule has 20 heavy (non-hydrogen) atoms. The Bertz CT molecular complexity index is 456. The molecule has 0 saturated carbocycles. The minimum atomic E-state index is -0.00703. The topological polar surface area (TPSA) is 41.6 Å². The number of rotatable bonds is 7. The molecule has 4 heteroatoms. The van der Waals surface area contributed by atoms with Gasteiger partial charge in [0.25, 0.3) is 5.91 Å². The fourth-order valence-corrected chi connectivity index (χ4v) is 2.04. The molecule has 1 N–H and O–H groups in total. The van der Waals surface area contributed by atoms with Crippen molar-refractivity contribution < 1.29 is 9.53 Å². The molecule has 0 saturated heterocycles. The quantitative estimate of drug-likeness (QED) is 0.779. The van der Waals surface area contributed by atoms with Gasteiger partial charge in [-0.05, 0) is 71.1 Å². The predicted octanol–water partition coefficient (Wildman–Crippen LogP) is 2.38. The third-order valence-electron chi connectivity index (χ3n) is 3.13. The summed E-state index contributed by atoms with van der Waals surface area (Å²) in [6.45, 7) is 8.17. The zero-order chi connectivity index (χ0) is 15.1. The van der Waals surface area contributed by atoms with Crippen molar-refractivity contribution in [1.29, 1.82) is 0 Å². The molecule has 0 aromatic heterocycles. The number of aryl methyl sites for hydroxylation is 2. The van der Waals surface area contributed by atoms with Crippen molar-refractivity contribution in [1.82, 2.24) is 10.2 Å². The highest BCUT2D eigenvalue weighted by Crippen LogP contribution is 2.22. The van der Waals surface area contributed by atoms with Gasteiger partial charge in [-0.25, -0.2) is 0 Å². The number of hydrogen-bond acceptors (Lipinski definition) is 3. The number of ether oxygens (including phenoxy) is 1.